The van der Waals surface area contributed by atoms with Crippen LogP contribution in [0.1, 0.15) is 19.8 Å². The predicted molar refractivity (Wildman–Crippen MR) is 69.4 cm³/mol. The molecule has 1 fully saturated rings. The summed E-state index contributed by atoms with van der Waals surface area (Å²) in [6, 6.07) is 2.97. The van der Waals surface area contributed by atoms with Gasteiger partial charge >= 0.3 is 0 Å². The fourth-order valence-corrected chi connectivity index (χ4v) is 2.42. The van der Waals surface area contributed by atoms with Crippen LogP contribution in [0, 0.1) is 5.82 Å². The summed E-state index contributed by atoms with van der Waals surface area (Å²) in [5.41, 5.74) is 7.00. The highest BCUT2D eigenvalue weighted by Crippen LogP contribution is 2.35. The Bertz CT molecular complexity index is 426. The lowest BCUT2D eigenvalue weighted by atomic mass is 10.2. The van der Waals surface area contributed by atoms with E-state index in [1.807, 2.05) is 11.8 Å². The smallest absolute Gasteiger partial charge is 0.167 e. The number of benzene rings is 1. The van der Waals surface area contributed by atoms with E-state index in [2.05, 4.69) is 0 Å². The van der Waals surface area contributed by atoms with Gasteiger partial charge in [0, 0.05) is 18.7 Å². The maximum Gasteiger partial charge on any atom is 0.167 e. The second-order valence-electron chi connectivity index (χ2n) is 4.45. The number of halogens is 1. The number of hydrogen-bond acceptors (Lipinski definition) is 4. The van der Waals surface area contributed by atoms with Crippen molar-refractivity contribution in [3.63, 3.8) is 0 Å². The van der Waals surface area contributed by atoms with Crippen LogP contribution in [0.2, 0.25) is 0 Å². The van der Waals surface area contributed by atoms with Crippen molar-refractivity contribution in [2.75, 3.05) is 30.4 Å². The SMILES string of the molecule is CCOc1cc(N2CCCC2CO)c(N)cc1F. The molecular weight excluding hydrogens is 235 g/mol. The van der Waals surface area contributed by atoms with Gasteiger partial charge in [0.2, 0.25) is 0 Å². The summed E-state index contributed by atoms with van der Waals surface area (Å²) in [7, 11) is 0. The number of nitrogens with zero attached hydrogens (tertiary/aromatic N) is 1. The summed E-state index contributed by atoms with van der Waals surface area (Å²) in [5.74, 6) is -0.233. The number of anilines is 2. The molecular formula is C13H19FN2O2. The van der Waals surface area contributed by atoms with Crippen molar-refractivity contribution in [2.24, 2.45) is 0 Å². The Hall–Kier alpha value is -1.49. The van der Waals surface area contributed by atoms with Crippen molar-refractivity contribution in [1.82, 2.24) is 0 Å². The quantitative estimate of drug-likeness (QED) is 0.804. The molecule has 0 bridgehead atoms. The molecule has 1 aromatic carbocycles. The Morgan fingerprint density at radius 2 is 2.33 bits per heavy atom. The largest absolute Gasteiger partial charge is 0.491 e. The third kappa shape index (κ3) is 2.36. The van der Waals surface area contributed by atoms with Gasteiger partial charge in [-0.05, 0) is 19.8 Å². The Balaban J connectivity index is 2.34. The van der Waals surface area contributed by atoms with Gasteiger partial charge < -0.3 is 20.5 Å². The minimum atomic E-state index is -0.446. The molecule has 1 aliphatic rings. The summed E-state index contributed by atoms with van der Waals surface area (Å²) >= 11 is 0. The molecule has 1 saturated heterocycles. The van der Waals surface area contributed by atoms with E-state index in [4.69, 9.17) is 10.5 Å². The lowest BCUT2D eigenvalue weighted by Crippen LogP contribution is -2.32. The minimum absolute atomic E-state index is 0.0623. The second-order valence-corrected chi connectivity index (χ2v) is 4.45. The van der Waals surface area contributed by atoms with E-state index in [-0.39, 0.29) is 18.4 Å². The monoisotopic (exact) mass is 254 g/mol. The minimum Gasteiger partial charge on any atom is -0.491 e. The van der Waals surface area contributed by atoms with Crippen LogP contribution in [-0.2, 0) is 0 Å². The highest BCUT2D eigenvalue weighted by atomic mass is 19.1. The molecule has 3 N–H and O–H groups in total. The van der Waals surface area contributed by atoms with Gasteiger partial charge in [0.25, 0.3) is 0 Å². The van der Waals surface area contributed by atoms with Gasteiger partial charge in [-0.15, -0.1) is 0 Å². The van der Waals surface area contributed by atoms with Gasteiger partial charge in [0.1, 0.15) is 0 Å². The van der Waals surface area contributed by atoms with E-state index >= 15 is 0 Å². The Morgan fingerprint density at radius 1 is 1.56 bits per heavy atom. The van der Waals surface area contributed by atoms with Gasteiger partial charge in [-0.2, -0.15) is 0 Å². The molecule has 0 aliphatic carbocycles. The molecule has 0 saturated carbocycles. The van der Waals surface area contributed by atoms with Crippen molar-refractivity contribution in [2.45, 2.75) is 25.8 Å². The standard InChI is InChI=1S/C13H19FN2O2/c1-2-18-13-7-12(11(15)6-10(13)14)16-5-3-4-9(16)8-17/h6-7,9,17H,2-5,8,15H2,1H3. The summed E-state index contributed by atoms with van der Waals surface area (Å²) in [5, 5.41) is 9.33. The van der Waals surface area contributed by atoms with Crippen LogP contribution >= 0.6 is 0 Å². The zero-order chi connectivity index (χ0) is 13.1. The second kappa shape index (κ2) is 5.44. The zero-order valence-electron chi connectivity index (χ0n) is 10.5. The van der Waals surface area contributed by atoms with E-state index in [1.54, 1.807) is 6.07 Å². The average molecular weight is 254 g/mol. The number of aliphatic hydroxyl groups is 1. The lowest BCUT2D eigenvalue weighted by Gasteiger charge is -2.27. The van der Waals surface area contributed by atoms with Crippen molar-refractivity contribution in [3.05, 3.63) is 17.9 Å². The van der Waals surface area contributed by atoms with E-state index in [9.17, 15) is 9.50 Å². The van der Waals surface area contributed by atoms with Gasteiger partial charge in [-0.1, -0.05) is 0 Å². The number of nitrogen functional groups attached to an aromatic ring is 1. The van der Waals surface area contributed by atoms with Crippen molar-refractivity contribution in [1.29, 1.82) is 0 Å². The number of rotatable bonds is 4. The van der Waals surface area contributed by atoms with Crippen LogP contribution in [0.4, 0.5) is 15.8 Å². The number of ether oxygens (including phenoxy) is 1. The molecule has 1 heterocycles. The third-order valence-electron chi connectivity index (χ3n) is 3.28. The Kier molecular flexibility index (Phi) is 3.91. The zero-order valence-corrected chi connectivity index (χ0v) is 10.5. The first-order valence-electron chi connectivity index (χ1n) is 6.26. The highest BCUT2D eigenvalue weighted by Gasteiger charge is 2.26. The molecule has 0 aromatic heterocycles. The predicted octanol–water partition coefficient (Wildman–Crippen LogP) is 1.77. The van der Waals surface area contributed by atoms with Crippen LogP contribution in [-0.4, -0.2) is 30.9 Å². The Morgan fingerprint density at radius 3 is 3.00 bits per heavy atom. The molecule has 1 atom stereocenters. The van der Waals surface area contributed by atoms with Gasteiger partial charge in [0.15, 0.2) is 11.6 Å². The first kappa shape index (κ1) is 13.0. The topological polar surface area (TPSA) is 58.7 Å². The molecule has 0 radical (unpaired) electrons. The van der Waals surface area contributed by atoms with Crippen LogP contribution < -0.4 is 15.4 Å². The molecule has 100 valence electrons. The number of hydrogen-bond donors (Lipinski definition) is 2. The molecule has 4 nitrogen and oxygen atoms in total. The molecule has 1 aromatic rings. The van der Waals surface area contributed by atoms with Crippen molar-refractivity contribution in [3.8, 4) is 5.75 Å². The van der Waals surface area contributed by atoms with E-state index in [0.29, 0.717) is 12.3 Å². The normalized spacial score (nSPS) is 19.3. The van der Waals surface area contributed by atoms with E-state index < -0.39 is 5.82 Å². The first-order valence-corrected chi connectivity index (χ1v) is 6.26. The fourth-order valence-electron chi connectivity index (χ4n) is 2.42. The van der Waals surface area contributed by atoms with Gasteiger partial charge in [0.05, 0.1) is 30.6 Å². The van der Waals surface area contributed by atoms with Crippen LogP contribution in [0.25, 0.3) is 0 Å². The summed E-state index contributed by atoms with van der Waals surface area (Å²) in [6.45, 7) is 3.12. The maximum atomic E-state index is 13.6. The summed E-state index contributed by atoms with van der Waals surface area (Å²) in [4.78, 5) is 2.03. The van der Waals surface area contributed by atoms with Crippen LogP contribution in [0.5, 0.6) is 5.75 Å². The first-order chi connectivity index (χ1) is 8.67. The van der Waals surface area contributed by atoms with Crippen LogP contribution in [0.15, 0.2) is 12.1 Å². The summed E-state index contributed by atoms with van der Waals surface area (Å²) < 4.78 is 18.9. The fraction of sp³-hybridized carbons (Fsp3) is 0.538. The molecule has 1 unspecified atom stereocenters. The molecule has 1 aliphatic heterocycles. The summed E-state index contributed by atoms with van der Waals surface area (Å²) in [6.07, 6.45) is 1.93. The average Bonchev–Trinajstić information content (AvgIpc) is 2.80. The van der Waals surface area contributed by atoms with E-state index in [0.717, 1.165) is 25.1 Å². The van der Waals surface area contributed by atoms with Gasteiger partial charge in [-0.3, -0.25) is 0 Å². The molecule has 0 amide bonds. The van der Waals surface area contributed by atoms with Crippen molar-refractivity contribution < 1.29 is 14.2 Å². The molecule has 0 spiro atoms. The van der Waals surface area contributed by atoms with E-state index in [1.165, 1.54) is 6.07 Å². The molecule has 2 rings (SSSR count). The molecule has 18 heavy (non-hydrogen) atoms. The maximum absolute atomic E-state index is 13.6. The van der Waals surface area contributed by atoms with Crippen LogP contribution in [0.3, 0.4) is 0 Å². The van der Waals surface area contributed by atoms with Gasteiger partial charge in [-0.25, -0.2) is 4.39 Å². The number of aliphatic hydroxyl groups excluding tert-OH is 1. The highest BCUT2D eigenvalue weighted by molar-refractivity contribution is 5.70. The lowest BCUT2D eigenvalue weighted by molar-refractivity contribution is 0.266. The van der Waals surface area contributed by atoms with Crippen molar-refractivity contribution >= 4 is 11.4 Å². The Labute approximate surface area is 106 Å². The molecule has 5 heteroatoms. The number of nitrogens with two attached hydrogens (primary N) is 1. The third-order valence-corrected chi connectivity index (χ3v) is 3.28.